The number of thiophene rings is 1. The third-order valence-corrected chi connectivity index (χ3v) is 5.59. The zero-order chi connectivity index (χ0) is 13.5. The molecular formula is C12H11NO4S2. The smallest absolute Gasteiger partial charge is 0.324 e. The molecule has 0 unspecified atom stereocenters. The zero-order valence-corrected chi connectivity index (χ0v) is 11.5. The van der Waals surface area contributed by atoms with E-state index in [0.717, 1.165) is 4.70 Å². The van der Waals surface area contributed by atoms with Crippen LogP contribution in [0.1, 0.15) is 6.42 Å². The number of nitrogens with one attached hydrogen (secondary N) is 1. The molecule has 1 atom stereocenters. The van der Waals surface area contributed by atoms with E-state index in [-0.39, 0.29) is 11.5 Å². The Balaban J connectivity index is 1.98. The molecule has 1 N–H and O–H groups in total. The molecule has 19 heavy (non-hydrogen) atoms. The van der Waals surface area contributed by atoms with Gasteiger partial charge in [-0.2, -0.15) is 4.72 Å². The number of hydrogen-bond acceptors (Lipinski definition) is 5. The van der Waals surface area contributed by atoms with E-state index in [1.165, 1.54) is 11.3 Å². The molecule has 0 bridgehead atoms. The van der Waals surface area contributed by atoms with Crippen molar-refractivity contribution in [1.82, 2.24) is 4.72 Å². The van der Waals surface area contributed by atoms with Crippen molar-refractivity contribution >= 4 is 37.4 Å². The van der Waals surface area contributed by atoms with E-state index in [2.05, 4.69) is 4.72 Å². The van der Waals surface area contributed by atoms with Crippen molar-refractivity contribution in [2.24, 2.45) is 0 Å². The number of sulfonamides is 1. The molecule has 1 aliphatic rings. The van der Waals surface area contributed by atoms with Crippen molar-refractivity contribution < 1.29 is 17.9 Å². The fraction of sp³-hybridized carbons (Fsp3) is 0.250. The summed E-state index contributed by atoms with van der Waals surface area (Å²) in [6.45, 7) is 0.260. The van der Waals surface area contributed by atoms with Crippen molar-refractivity contribution in [2.75, 3.05) is 6.61 Å². The second-order valence-corrected chi connectivity index (χ2v) is 6.82. The van der Waals surface area contributed by atoms with Crippen LogP contribution < -0.4 is 4.72 Å². The van der Waals surface area contributed by atoms with Gasteiger partial charge in [0.25, 0.3) is 0 Å². The number of cyclic esters (lactones) is 1. The summed E-state index contributed by atoms with van der Waals surface area (Å²) in [5.41, 5.74) is 0. The van der Waals surface area contributed by atoms with Crippen LogP contribution in [-0.4, -0.2) is 27.0 Å². The fourth-order valence-electron chi connectivity index (χ4n) is 2.02. The maximum Gasteiger partial charge on any atom is 0.324 e. The molecule has 2 aromatic rings. The van der Waals surface area contributed by atoms with E-state index in [9.17, 15) is 13.2 Å². The van der Waals surface area contributed by atoms with Crippen LogP contribution in [0.3, 0.4) is 0 Å². The van der Waals surface area contributed by atoms with E-state index in [1.807, 2.05) is 12.1 Å². The Bertz CT molecular complexity index is 735. The summed E-state index contributed by atoms with van der Waals surface area (Å²) in [4.78, 5) is 11.6. The molecule has 2 heterocycles. The lowest BCUT2D eigenvalue weighted by molar-refractivity contribution is -0.139. The second kappa shape index (κ2) is 4.59. The van der Waals surface area contributed by atoms with Crippen molar-refractivity contribution in [2.45, 2.75) is 17.4 Å². The number of carbonyl (C=O) groups excluding carboxylic acids is 1. The highest BCUT2D eigenvalue weighted by atomic mass is 32.2. The molecule has 1 fully saturated rings. The number of ether oxygens (including phenoxy) is 1. The summed E-state index contributed by atoms with van der Waals surface area (Å²) < 4.78 is 32.6. The highest BCUT2D eigenvalue weighted by Gasteiger charge is 2.32. The van der Waals surface area contributed by atoms with Gasteiger partial charge in [-0.15, -0.1) is 11.3 Å². The quantitative estimate of drug-likeness (QED) is 0.871. The minimum absolute atomic E-state index is 0.216. The lowest BCUT2D eigenvalue weighted by atomic mass is 10.3. The number of carbonyl (C=O) groups is 1. The molecule has 7 heteroatoms. The number of rotatable bonds is 3. The summed E-state index contributed by atoms with van der Waals surface area (Å²) in [6, 6.07) is 6.49. The number of hydrogen-bond donors (Lipinski definition) is 1. The van der Waals surface area contributed by atoms with Gasteiger partial charge in [0.15, 0.2) is 0 Å². The van der Waals surface area contributed by atoms with Gasteiger partial charge in [-0.25, -0.2) is 8.42 Å². The third kappa shape index (κ3) is 2.24. The largest absolute Gasteiger partial charge is 0.464 e. The molecule has 1 aromatic heterocycles. The Morgan fingerprint density at radius 3 is 2.84 bits per heavy atom. The Labute approximate surface area is 114 Å². The Morgan fingerprint density at radius 2 is 2.11 bits per heavy atom. The molecule has 0 saturated carbocycles. The SMILES string of the molecule is O=C1OCC[C@@H]1NS(=O)(=O)c1csc2ccccc12. The molecule has 0 radical (unpaired) electrons. The van der Waals surface area contributed by atoms with Gasteiger partial charge < -0.3 is 4.74 Å². The molecule has 3 rings (SSSR count). The predicted molar refractivity (Wildman–Crippen MR) is 71.5 cm³/mol. The number of esters is 1. The first-order valence-electron chi connectivity index (χ1n) is 5.73. The van der Waals surface area contributed by atoms with Crippen LogP contribution in [0.5, 0.6) is 0 Å². The lowest BCUT2D eigenvalue weighted by Crippen LogP contribution is -2.37. The average Bonchev–Trinajstić information content (AvgIpc) is 2.96. The van der Waals surface area contributed by atoms with Crippen LogP contribution >= 0.6 is 11.3 Å². The van der Waals surface area contributed by atoms with Gasteiger partial charge in [0.05, 0.1) is 6.61 Å². The van der Waals surface area contributed by atoms with Gasteiger partial charge >= 0.3 is 5.97 Å². The Hall–Kier alpha value is -1.44. The summed E-state index contributed by atoms with van der Waals surface area (Å²) >= 11 is 1.36. The van der Waals surface area contributed by atoms with Gasteiger partial charge in [0.2, 0.25) is 10.0 Å². The van der Waals surface area contributed by atoms with Gasteiger partial charge in [-0.3, -0.25) is 4.79 Å². The first-order valence-corrected chi connectivity index (χ1v) is 8.09. The number of benzene rings is 1. The van der Waals surface area contributed by atoms with Gasteiger partial charge in [0, 0.05) is 21.9 Å². The zero-order valence-electron chi connectivity index (χ0n) is 9.83. The summed E-state index contributed by atoms with van der Waals surface area (Å²) in [7, 11) is -3.70. The molecule has 1 aromatic carbocycles. The second-order valence-electron chi connectivity index (χ2n) is 4.23. The van der Waals surface area contributed by atoms with Crippen molar-refractivity contribution in [3.63, 3.8) is 0 Å². The first kappa shape index (κ1) is 12.6. The maximum atomic E-state index is 12.3. The number of fused-ring (bicyclic) bond motifs is 1. The molecule has 0 spiro atoms. The molecule has 5 nitrogen and oxygen atoms in total. The molecule has 100 valence electrons. The normalized spacial score (nSPS) is 19.8. The Morgan fingerprint density at radius 1 is 1.32 bits per heavy atom. The van der Waals surface area contributed by atoms with E-state index in [4.69, 9.17) is 4.74 Å². The standard InChI is InChI=1S/C12H11NO4S2/c14-12-9(5-6-17-12)13-19(15,16)11-7-18-10-4-2-1-3-8(10)11/h1-4,7,9,13H,5-6H2/t9-/m0/s1. The van der Waals surface area contributed by atoms with Crippen molar-refractivity contribution in [1.29, 1.82) is 0 Å². The molecule has 1 aliphatic heterocycles. The van der Waals surface area contributed by atoms with Crippen molar-refractivity contribution in [3.05, 3.63) is 29.6 Å². The van der Waals surface area contributed by atoms with Crippen LogP contribution in [0.2, 0.25) is 0 Å². The van der Waals surface area contributed by atoms with Crippen LogP contribution in [0.15, 0.2) is 34.5 Å². The van der Waals surface area contributed by atoms with Crippen LogP contribution in [0.4, 0.5) is 0 Å². The topological polar surface area (TPSA) is 72.5 Å². The minimum atomic E-state index is -3.70. The van der Waals surface area contributed by atoms with E-state index in [1.54, 1.807) is 17.5 Å². The minimum Gasteiger partial charge on any atom is -0.464 e. The summed E-state index contributed by atoms with van der Waals surface area (Å²) in [5, 5.41) is 2.26. The predicted octanol–water partition coefficient (Wildman–Crippen LogP) is 1.50. The first-order chi connectivity index (χ1) is 9.08. The summed E-state index contributed by atoms with van der Waals surface area (Å²) in [5.74, 6) is -0.511. The van der Waals surface area contributed by atoms with Gasteiger partial charge in [-0.05, 0) is 6.07 Å². The van der Waals surface area contributed by atoms with Gasteiger partial charge in [0.1, 0.15) is 10.9 Å². The van der Waals surface area contributed by atoms with E-state index in [0.29, 0.717) is 11.8 Å². The third-order valence-electron chi connectivity index (χ3n) is 2.97. The van der Waals surface area contributed by atoms with Crippen LogP contribution in [-0.2, 0) is 19.6 Å². The monoisotopic (exact) mass is 297 g/mol. The van der Waals surface area contributed by atoms with Crippen molar-refractivity contribution in [3.8, 4) is 0 Å². The van der Waals surface area contributed by atoms with Crippen LogP contribution in [0.25, 0.3) is 10.1 Å². The maximum absolute atomic E-state index is 12.3. The molecule has 0 amide bonds. The Kier molecular flexibility index (Phi) is 3.04. The lowest BCUT2D eigenvalue weighted by Gasteiger charge is -2.08. The fourth-order valence-corrected chi connectivity index (χ4v) is 4.74. The molecule has 0 aliphatic carbocycles. The summed E-state index contributed by atoms with van der Waals surface area (Å²) in [6.07, 6.45) is 0.375. The van der Waals surface area contributed by atoms with Gasteiger partial charge in [-0.1, -0.05) is 18.2 Å². The highest BCUT2D eigenvalue weighted by molar-refractivity contribution is 7.90. The van der Waals surface area contributed by atoms with Crippen LogP contribution in [0, 0.1) is 0 Å². The van der Waals surface area contributed by atoms with E-state index < -0.39 is 22.0 Å². The average molecular weight is 297 g/mol. The molecular weight excluding hydrogens is 286 g/mol. The van der Waals surface area contributed by atoms with E-state index >= 15 is 0 Å². The molecule has 1 saturated heterocycles. The highest BCUT2D eigenvalue weighted by Crippen LogP contribution is 2.29.